The number of nitrogens with zero attached hydrogens (tertiary/aromatic N) is 2. The number of carbonyl (C=O) groups excluding carboxylic acids is 1. The molecule has 1 N–H and O–H groups in total. The number of para-hydroxylation sites is 2. The number of nitro groups is 1. The zero-order chi connectivity index (χ0) is 19.1. The minimum absolute atomic E-state index is 0.0568. The van der Waals surface area contributed by atoms with Crippen molar-refractivity contribution >= 4 is 17.8 Å². The van der Waals surface area contributed by atoms with Crippen molar-refractivity contribution in [2.75, 3.05) is 0 Å². The fourth-order valence-electron chi connectivity index (χ4n) is 2.23. The van der Waals surface area contributed by atoms with E-state index < -0.39 is 10.8 Å². The van der Waals surface area contributed by atoms with Gasteiger partial charge in [0.05, 0.1) is 16.7 Å². The minimum Gasteiger partial charge on any atom is -0.486 e. The quantitative estimate of drug-likeness (QED) is 0.391. The Bertz CT molecular complexity index is 966. The Morgan fingerprint density at radius 1 is 1.11 bits per heavy atom. The van der Waals surface area contributed by atoms with Crippen LogP contribution in [0.1, 0.15) is 21.9 Å². The third kappa shape index (κ3) is 4.79. The highest BCUT2D eigenvalue weighted by Crippen LogP contribution is 2.16. The fraction of sp³-hybridized carbons (Fsp3) is 0.0526. The summed E-state index contributed by atoms with van der Waals surface area (Å²) in [6, 6.07) is 18.4. The van der Waals surface area contributed by atoms with Crippen molar-refractivity contribution in [3.63, 3.8) is 0 Å². The van der Waals surface area contributed by atoms with Gasteiger partial charge < -0.3 is 9.15 Å². The summed E-state index contributed by atoms with van der Waals surface area (Å²) in [5, 5.41) is 14.7. The molecule has 1 aromatic heterocycles. The number of rotatable bonds is 7. The third-order valence-electron chi connectivity index (χ3n) is 3.51. The van der Waals surface area contributed by atoms with Crippen LogP contribution in [0.2, 0.25) is 0 Å². The lowest BCUT2D eigenvalue weighted by Gasteiger charge is -2.03. The molecule has 1 amide bonds. The lowest BCUT2D eigenvalue weighted by atomic mass is 10.2. The molecule has 3 aromatic rings. The molecule has 0 aliphatic heterocycles. The van der Waals surface area contributed by atoms with Crippen LogP contribution in [-0.2, 0) is 6.61 Å². The lowest BCUT2D eigenvalue weighted by molar-refractivity contribution is -0.385. The van der Waals surface area contributed by atoms with Crippen molar-refractivity contribution in [2.45, 2.75) is 6.61 Å². The van der Waals surface area contributed by atoms with Gasteiger partial charge in [0, 0.05) is 6.07 Å². The maximum atomic E-state index is 12.0. The van der Waals surface area contributed by atoms with Gasteiger partial charge >= 0.3 is 5.91 Å². The molecule has 0 saturated heterocycles. The number of carbonyl (C=O) groups is 1. The third-order valence-corrected chi connectivity index (χ3v) is 3.51. The summed E-state index contributed by atoms with van der Waals surface area (Å²) in [7, 11) is 0. The van der Waals surface area contributed by atoms with Crippen molar-refractivity contribution < 1.29 is 18.9 Å². The largest absolute Gasteiger partial charge is 0.486 e. The molecule has 0 fully saturated rings. The predicted octanol–water partition coefficient (Wildman–Crippen LogP) is 3.53. The van der Waals surface area contributed by atoms with E-state index in [-0.39, 0.29) is 23.6 Å². The van der Waals surface area contributed by atoms with Gasteiger partial charge in [0.15, 0.2) is 5.76 Å². The fourth-order valence-corrected chi connectivity index (χ4v) is 2.23. The minimum atomic E-state index is -0.573. The van der Waals surface area contributed by atoms with E-state index in [0.717, 1.165) is 0 Å². The number of hydrogen-bond acceptors (Lipinski definition) is 6. The SMILES string of the molecule is O=C(N/N=C\c1ccccc1[N+](=O)[O-])c1ccc(COc2ccccc2)o1. The summed E-state index contributed by atoms with van der Waals surface area (Å²) in [5.74, 6) is 0.651. The Hall–Kier alpha value is -3.94. The average Bonchev–Trinajstić information content (AvgIpc) is 3.16. The highest BCUT2D eigenvalue weighted by Gasteiger charge is 2.12. The second-order valence-electron chi connectivity index (χ2n) is 5.38. The molecule has 3 rings (SSSR count). The molecule has 0 spiro atoms. The Morgan fingerprint density at radius 2 is 1.85 bits per heavy atom. The Balaban J connectivity index is 1.57. The van der Waals surface area contributed by atoms with Crippen molar-refractivity contribution in [1.82, 2.24) is 5.43 Å². The number of hydrogen-bond donors (Lipinski definition) is 1. The Labute approximate surface area is 154 Å². The molecule has 1 heterocycles. The van der Waals surface area contributed by atoms with Gasteiger partial charge in [0.1, 0.15) is 18.1 Å². The first-order valence-electron chi connectivity index (χ1n) is 7.97. The average molecular weight is 365 g/mol. The van der Waals surface area contributed by atoms with Crippen molar-refractivity contribution in [1.29, 1.82) is 0 Å². The molecular weight excluding hydrogens is 350 g/mol. The molecule has 0 aliphatic rings. The molecule has 0 bridgehead atoms. The van der Waals surface area contributed by atoms with Crippen LogP contribution in [0.4, 0.5) is 5.69 Å². The van der Waals surface area contributed by atoms with E-state index in [9.17, 15) is 14.9 Å². The molecule has 8 heteroatoms. The number of furan rings is 1. The molecule has 136 valence electrons. The van der Waals surface area contributed by atoms with Crippen LogP contribution in [0, 0.1) is 10.1 Å². The van der Waals surface area contributed by atoms with Crippen LogP contribution in [0.25, 0.3) is 0 Å². The molecular formula is C19H15N3O5. The highest BCUT2D eigenvalue weighted by molar-refractivity contribution is 5.93. The van der Waals surface area contributed by atoms with Gasteiger partial charge in [-0.05, 0) is 30.3 Å². The van der Waals surface area contributed by atoms with Gasteiger partial charge in [-0.15, -0.1) is 0 Å². The van der Waals surface area contributed by atoms with Crippen molar-refractivity contribution in [3.8, 4) is 5.75 Å². The molecule has 0 atom stereocenters. The van der Waals surface area contributed by atoms with Crippen LogP contribution in [-0.4, -0.2) is 17.0 Å². The molecule has 27 heavy (non-hydrogen) atoms. The number of benzene rings is 2. The number of nitrogens with one attached hydrogen (secondary N) is 1. The first-order chi connectivity index (χ1) is 13.1. The van der Waals surface area contributed by atoms with E-state index >= 15 is 0 Å². The van der Waals surface area contributed by atoms with E-state index in [4.69, 9.17) is 9.15 Å². The molecule has 0 aliphatic carbocycles. The molecule has 0 saturated carbocycles. The van der Waals surface area contributed by atoms with Gasteiger partial charge in [0.2, 0.25) is 0 Å². The Morgan fingerprint density at radius 3 is 2.63 bits per heavy atom. The molecule has 0 radical (unpaired) electrons. The van der Waals surface area contributed by atoms with E-state index in [2.05, 4.69) is 10.5 Å². The summed E-state index contributed by atoms with van der Waals surface area (Å²) in [6.45, 7) is 0.177. The predicted molar refractivity (Wildman–Crippen MR) is 97.6 cm³/mol. The van der Waals surface area contributed by atoms with Gasteiger partial charge in [-0.3, -0.25) is 14.9 Å². The highest BCUT2D eigenvalue weighted by atomic mass is 16.6. The zero-order valence-corrected chi connectivity index (χ0v) is 14.1. The normalized spacial score (nSPS) is 10.7. The van der Waals surface area contributed by atoms with Crippen molar-refractivity contribution in [2.24, 2.45) is 5.10 Å². The van der Waals surface area contributed by atoms with E-state index in [0.29, 0.717) is 11.5 Å². The topological polar surface area (TPSA) is 107 Å². The summed E-state index contributed by atoms with van der Waals surface area (Å²) in [6.07, 6.45) is 1.21. The maximum absolute atomic E-state index is 12.0. The second-order valence-corrected chi connectivity index (χ2v) is 5.38. The molecule has 8 nitrogen and oxygen atoms in total. The number of hydrazone groups is 1. The maximum Gasteiger partial charge on any atom is 0.307 e. The van der Waals surface area contributed by atoms with Gasteiger partial charge in [-0.1, -0.05) is 30.3 Å². The van der Waals surface area contributed by atoms with Crippen molar-refractivity contribution in [3.05, 3.63) is 93.9 Å². The molecule has 0 unspecified atom stereocenters. The van der Waals surface area contributed by atoms with E-state index in [1.807, 2.05) is 30.3 Å². The summed E-state index contributed by atoms with van der Waals surface area (Å²) >= 11 is 0. The monoisotopic (exact) mass is 365 g/mol. The summed E-state index contributed by atoms with van der Waals surface area (Å²) < 4.78 is 11.0. The van der Waals surface area contributed by atoms with Crippen LogP contribution in [0.5, 0.6) is 5.75 Å². The standard InChI is InChI=1S/C19H15N3O5/c23-19(21-20-12-14-6-4-5-9-17(14)22(24)25)18-11-10-16(27-18)13-26-15-7-2-1-3-8-15/h1-12H,13H2,(H,21,23)/b20-12-. The number of amides is 1. The zero-order valence-electron chi connectivity index (χ0n) is 14.1. The first kappa shape index (κ1) is 17.9. The smallest absolute Gasteiger partial charge is 0.307 e. The first-order valence-corrected chi connectivity index (χ1v) is 7.97. The van der Waals surface area contributed by atoms with E-state index in [1.54, 1.807) is 18.2 Å². The molecule has 2 aromatic carbocycles. The van der Waals surface area contributed by atoms with E-state index in [1.165, 1.54) is 24.4 Å². The van der Waals surface area contributed by atoms with Gasteiger partial charge in [-0.25, -0.2) is 5.43 Å². The summed E-state index contributed by atoms with van der Waals surface area (Å²) in [5.41, 5.74) is 2.45. The second kappa shape index (κ2) is 8.43. The summed E-state index contributed by atoms with van der Waals surface area (Å²) in [4.78, 5) is 22.5. The number of nitro benzene ring substituents is 1. The van der Waals surface area contributed by atoms with Crippen LogP contribution in [0.15, 0.2) is 76.2 Å². The van der Waals surface area contributed by atoms with Crippen LogP contribution >= 0.6 is 0 Å². The van der Waals surface area contributed by atoms with Gasteiger partial charge in [-0.2, -0.15) is 5.10 Å². The van der Waals surface area contributed by atoms with Crippen LogP contribution < -0.4 is 10.2 Å². The van der Waals surface area contributed by atoms with Gasteiger partial charge in [0.25, 0.3) is 5.69 Å². The lowest BCUT2D eigenvalue weighted by Crippen LogP contribution is -2.16. The number of ether oxygens (including phenoxy) is 1. The van der Waals surface area contributed by atoms with Crippen LogP contribution in [0.3, 0.4) is 0 Å². The Kier molecular flexibility index (Phi) is 5.58.